The van der Waals surface area contributed by atoms with E-state index >= 15 is 0 Å². The van der Waals surface area contributed by atoms with Gasteiger partial charge in [-0.15, -0.1) is 0 Å². The van der Waals surface area contributed by atoms with Gasteiger partial charge in [0.2, 0.25) is 0 Å². The third-order valence-corrected chi connectivity index (χ3v) is 4.31. The Labute approximate surface area is 141 Å². The summed E-state index contributed by atoms with van der Waals surface area (Å²) in [5.41, 5.74) is 1.54. The Morgan fingerprint density at radius 3 is 2.71 bits per heavy atom. The highest BCUT2D eigenvalue weighted by atomic mass is 16.3. The molecule has 0 radical (unpaired) electrons. The first-order valence-electron chi connectivity index (χ1n) is 8.20. The van der Waals surface area contributed by atoms with Gasteiger partial charge in [0.15, 0.2) is 5.76 Å². The molecular formula is C18H22N4O2. The van der Waals surface area contributed by atoms with E-state index in [-0.39, 0.29) is 23.6 Å². The maximum atomic E-state index is 12.6. The van der Waals surface area contributed by atoms with Crippen LogP contribution in [0.3, 0.4) is 0 Å². The monoisotopic (exact) mass is 326 g/mol. The van der Waals surface area contributed by atoms with Gasteiger partial charge in [-0.05, 0) is 24.5 Å². The second-order valence-electron chi connectivity index (χ2n) is 6.27. The molecule has 3 rings (SSSR count). The van der Waals surface area contributed by atoms with Gasteiger partial charge in [-0.2, -0.15) is 0 Å². The number of aliphatic hydroxyl groups is 1. The summed E-state index contributed by atoms with van der Waals surface area (Å²) in [4.78, 5) is 22.7. The molecule has 0 saturated heterocycles. The third kappa shape index (κ3) is 3.04. The molecule has 0 aliphatic carbocycles. The van der Waals surface area contributed by atoms with E-state index in [1.807, 2.05) is 42.8 Å². The van der Waals surface area contributed by atoms with Crippen molar-refractivity contribution in [2.75, 3.05) is 6.54 Å². The Morgan fingerprint density at radius 2 is 2.08 bits per heavy atom. The van der Waals surface area contributed by atoms with Gasteiger partial charge < -0.3 is 14.6 Å². The second kappa shape index (κ2) is 6.86. The van der Waals surface area contributed by atoms with E-state index in [0.717, 1.165) is 24.2 Å². The molecule has 1 unspecified atom stereocenters. The quantitative estimate of drug-likeness (QED) is 0.886. The smallest absolute Gasteiger partial charge is 0.289 e. The van der Waals surface area contributed by atoms with E-state index in [4.69, 9.17) is 0 Å². The first-order valence-corrected chi connectivity index (χ1v) is 8.20. The first kappa shape index (κ1) is 16.2. The number of aromatic nitrogens is 3. The van der Waals surface area contributed by atoms with Crippen molar-refractivity contribution < 1.29 is 9.90 Å². The lowest BCUT2D eigenvalue weighted by Crippen LogP contribution is -2.32. The van der Waals surface area contributed by atoms with Crippen LogP contribution in [-0.2, 0) is 11.3 Å². The zero-order valence-electron chi connectivity index (χ0n) is 14.0. The third-order valence-electron chi connectivity index (χ3n) is 4.31. The summed E-state index contributed by atoms with van der Waals surface area (Å²) in [6, 6.07) is 5.37. The van der Waals surface area contributed by atoms with Gasteiger partial charge in [-0.3, -0.25) is 9.78 Å². The number of carbonyl (C=O) groups excluding carboxylic acids is 1. The van der Waals surface area contributed by atoms with Crippen molar-refractivity contribution in [1.82, 2.24) is 19.4 Å². The summed E-state index contributed by atoms with van der Waals surface area (Å²) < 4.78 is 1.98. The molecule has 24 heavy (non-hydrogen) atoms. The van der Waals surface area contributed by atoms with Gasteiger partial charge in [0.05, 0.1) is 12.0 Å². The Bertz CT molecular complexity index is 723. The van der Waals surface area contributed by atoms with Crippen LogP contribution in [0.1, 0.15) is 32.0 Å². The van der Waals surface area contributed by atoms with Gasteiger partial charge in [0.1, 0.15) is 6.04 Å². The van der Waals surface area contributed by atoms with E-state index in [2.05, 4.69) is 9.97 Å². The molecule has 1 aliphatic heterocycles. The first-order chi connectivity index (χ1) is 11.6. The van der Waals surface area contributed by atoms with Gasteiger partial charge in [0, 0.05) is 37.3 Å². The van der Waals surface area contributed by atoms with E-state index in [1.165, 1.54) is 0 Å². The summed E-state index contributed by atoms with van der Waals surface area (Å²) in [5, 5.41) is 10.4. The zero-order chi connectivity index (χ0) is 17.1. The number of nitrogens with zero attached hydrogens (tertiary/aromatic N) is 4. The van der Waals surface area contributed by atoms with Gasteiger partial charge in [0.25, 0.3) is 5.91 Å². The molecule has 0 fully saturated rings. The largest absolute Gasteiger partial charge is 0.503 e. The number of hydrogen-bond acceptors (Lipinski definition) is 4. The van der Waals surface area contributed by atoms with E-state index in [9.17, 15) is 9.90 Å². The Hall–Kier alpha value is -2.63. The highest BCUT2D eigenvalue weighted by Crippen LogP contribution is 2.40. The highest BCUT2D eigenvalue weighted by molar-refractivity contribution is 5.95. The van der Waals surface area contributed by atoms with E-state index in [1.54, 1.807) is 23.6 Å². The van der Waals surface area contributed by atoms with Crippen LogP contribution >= 0.6 is 0 Å². The Morgan fingerprint density at radius 1 is 1.25 bits per heavy atom. The maximum Gasteiger partial charge on any atom is 0.289 e. The summed E-state index contributed by atoms with van der Waals surface area (Å²) in [5.74, 6) is -0.358. The lowest BCUT2D eigenvalue weighted by Gasteiger charge is -2.27. The molecule has 1 atom stereocenters. The molecule has 1 aliphatic rings. The van der Waals surface area contributed by atoms with Crippen molar-refractivity contribution in [2.45, 2.75) is 32.9 Å². The minimum Gasteiger partial charge on any atom is -0.503 e. The highest BCUT2D eigenvalue weighted by Gasteiger charge is 2.41. The molecule has 0 bridgehead atoms. The van der Waals surface area contributed by atoms with Crippen LogP contribution in [0.25, 0.3) is 0 Å². The van der Waals surface area contributed by atoms with E-state index in [0.29, 0.717) is 6.54 Å². The topological polar surface area (TPSA) is 71.2 Å². The molecule has 1 N–H and O–H groups in total. The molecule has 0 aromatic carbocycles. The molecule has 6 heteroatoms. The molecule has 2 aromatic heterocycles. The number of hydrogen-bond donors (Lipinski definition) is 1. The van der Waals surface area contributed by atoms with Crippen LogP contribution in [0.15, 0.2) is 54.4 Å². The van der Waals surface area contributed by atoms with Crippen molar-refractivity contribution in [3.05, 3.63) is 60.1 Å². The number of aryl methyl sites for hydroxylation is 1. The fourth-order valence-corrected chi connectivity index (χ4v) is 3.19. The van der Waals surface area contributed by atoms with Crippen molar-refractivity contribution >= 4 is 5.91 Å². The van der Waals surface area contributed by atoms with Crippen molar-refractivity contribution in [3.63, 3.8) is 0 Å². The lowest BCUT2D eigenvalue weighted by atomic mass is 9.94. The molecule has 2 aromatic rings. The average Bonchev–Trinajstić information content (AvgIpc) is 3.17. The maximum absolute atomic E-state index is 12.6. The van der Waals surface area contributed by atoms with Crippen molar-refractivity contribution in [2.24, 2.45) is 5.92 Å². The number of pyridine rings is 1. The molecule has 3 heterocycles. The summed E-state index contributed by atoms with van der Waals surface area (Å²) >= 11 is 0. The van der Waals surface area contributed by atoms with Crippen LogP contribution in [0.4, 0.5) is 0 Å². The van der Waals surface area contributed by atoms with Gasteiger partial charge in [-0.1, -0.05) is 19.9 Å². The molecule has 126 valence electrons. The van der Waals surface area contributed by atoms with Crippen LogP contribution in [0.5, 0.6) is 0 Å². The number of carbonyl (C=O) groups is 1. The molecule has 0 saturated carbocycles. The predicted octanol–water partition coefficient (Wildman–Crippen LogP) is 2.72. The van der Waals surface area contributed by atoms with Crippen LogP contribution < -0.4 is 0 Å². The zero-order valence-corrected chi connectivity index (χ0v) is 14.0. The molecular weight excluding hydrogens is 304 g/mol. The van der Waals surface area contributed by atoms with Crippen LogP contribution in [0, 0.1) is 5.92 Å². The number of amides is 1. The summed E-state index contributed by atoms with van der Waals surface area (Å²) in [6.07, 6.45) is 7.90. The second-order valence-corrected chi connectivity index (χ2v) is 6.27. The standard InChI is InChI=1S/C18H22N4O2/c1-13(2)15-16(14-6-3-4-7-20-14)22(18(24)17(15)23)10-5-9-21-11-8-19-12-21/h3-4,6-8,11-13,16,23H,5,9-10H2,1-2H3. The van der Waals surface area contributed by atoms with Gasteiger partial charge >= 0.3 is 0 Å². The lowest BCUT2D eigenvalue weighted by molar-refractivity contribution is -0.129. The van der Waals surface area contributed by atoms with Crippen molar-refractivity contribution in [1.29, 1.82) is 0 Å². The fourth-order valence-electron chi connectivity index (χ4n) is 3.19. The summed E-state index contributed by atoms with van der Waals surface area (Å²) in [6.45, 7) is 5.31. The molecule has 6 nitrogen and oxygen atoms in total. The van der Waals surface area contributed by atoms with Crippen molar-refractivity contribution in [3.8, 4) is 0 Å². The molecule has 1 amide bonds. The molecule has 0 spiro atoms. The van der Waals surface area contributed by atoms with E-state index < -0.39 is 0 Å². The Balaban J connectivity index is 1.82. The minimum atomic E-state index is -0.306. The minimum absolute atomic E-state index is 0.0691. The predicted molar refractivity (Wildman–Crippen MR) is 90.0 cm³/mol. The Kier molecular flexibility index (Phi) is 4.64. The van der Waals surface area contributed by atoms with Crippen LogP contribution in [-0.4, -0.2) is 37.0 Å². The number of imidazole rings is 1. The van der Waals surface area contributed by atoms with Crippen LogP contribution in [0.2, 0.25) is 0 Å². The normalized spacial score (nSPS) is 18.0. The summed E-state index contributed by atoms with van der Waals surface area (Å²) in [7, 11) is 0. The number of aliphatic hydroxyl groups excluding tert-OH is 1. The SMILES string of the molecule is CC(C)C1=C(O)C(=O)N(CCCn2ccnc2)C1c1ccccn1. The average molecular weight is 326 g/mol. The fraction of sp³-hybridized carbons (Fsp3) is 0.389. The van der Waals surface area contributed by atoms with Gasteiger partial charge in [-0.25, -0.2) is 4.98 Å². The number of rotatable bonds is 6.